The summed E-state index contributed by atoms with van der Waals surface area (Å²) in [5, 5.41) is 3.21. The monoisotopic (exact) mass is 236 g/mol. The molecule has 1 N–H and O–H groups in total. The summed E-state index contributed by atoms with van der Waals surface area (Å²) >= 11 is 0. The van der Waals surface area contributed by atoms with Gasteiger partial charge in [-0.3, -0.25) is 0 Å². The number of sulfonamides is 1. The first kappa shape index (κ1) is 12.9. The van der Waals surface area contributed by atoms with Crippen molar-refractivity contribution in [3.8, 4) is 0 Å². The van der Waals surface area contributed by atoms with Crippen LogP contribution in [0.1, 0.15) is 13.8 Å². The Balaban J connectivity index is 2.60. The van der Waals surface area contributed by atoms with Gasteiger partial charge in [0.2, 0.25) is 10.0 Å². The van der Waals surface area contributed by atoms with Crippen LogP contribution in [0.2, 0.25) is 0 Å². The zero-order valence-electron chi connectivity index (χ0n) is 9.56. The van der Waals surface area contributed by atoms with E-state index in [2.05, 4.69) is 5.32 Å². The van der Waals surface area contributed by atoms with E-state index in [1.54, 1.807) is 11.2 Å². The van der Waals surface area contributed by atoms with E-state index in [0.717, 1.165) is 6.54 Å². The molecule has 0 amide bonds. The van der Waals surface area contributed by atoms with E-state index in [9.17, 15) is 8.42 Å². The average molecular weight is 236 g/mol. The van der Waals surface area contributed by atoms with Crippen molar-refractivity contribution in [3.63, 3.8) is 0 Å². The number of nitrogens with one attached hydrogen (secondary N) is 1. The highest BCUT2D eigenvalue weighted by Gasteiger charge is 2.28. The van der Waals surface area contributed by atoms with Gasteiger partial charge in [0, 0.05) is 32.8 Å². The van der Waals surface area contributed by atoms with Crippen molar-refractivity contribution in [2.24, 2.45) is 0 Å². The molecule has 2 atom stereocenters. The molecule has 0 spiro atoms. The first-order chi connectivity index (χ1) is 6.95. The molecule has 0 aromatic carbocycles. The fraction of sp³-hybridized carbons (Fsp3) is 1.00. The topological polar surface area (TPSA) is 58.6 Å². The summed E-state index contributed by atoms with van der Waals surface area (Å²) in [7, 11) is -1.63. The van der Waals surface area contributed by atoms with Crippen LogP contribution in [0.4, 0.5) is 0 Å². The van der Waals surface area contributed by atoms with Crippen LogP contribution in [-0.4, -0.2) is 57.4 Å². The zero-order chi connectivity index (χ0) is 11.5. The third-order valence-corrected chi connectivity index (χ3v) is 4.58. The first-order valence-electron chi connectivity index (χ1n) is 5.19. The van der Waals surface area contributed by atoms with Gasteiger partial charge in [0.05, 0.1) is 11.9 Å². The molecular formula is C9H20N2O3S. The molecular weight excluding hydrogens is 216 g/mol. The largest absolute Gasteiger partial charge is 0.381 e. The molecule has 0 aromatic rings. The Morgan fingerprint density at radius 1 is 1.60 bits per heavy atom. The second kappa shape index (κ2) is 5.25. The van der Waals surface area contributed by atoms with Gasteiger partial charge in [-0.1, -0.05) is 0 Å². The maximum absolute atomic E-state index is 11.9. The van der Waals surface area contributed by atoms with Crippen LogP contribution < -0.4 is 5.32 Å². The van der Waals surface area contributed by atoms with Gasteiger partial charge in [-0.2, -0.15) is 4.31 Å². The van der Waals surface area contributed by atoms with E-state index in [0.29, 0.717) is 13.1 Å². The van der Waals surface area contributed by atoms with Crippen LogP contribution in [0.15, 0.2) is 0 Å². The number of hydrogen-bond donors (Lipinski definition) is 1. The third-order valence-electron chi connectivity index (χ3n) is 2.57. The Bertz CT molecular complexity index is 292. The summed E-state index contributed by atoms with van der Waals surface area (Å²) in [6, 6.07) is 0.228. The Kier molecular flexibility index (Phi) is 4.51. The predicted octanol–water partition coefficient (Wildman–Crippen LogP) is -0.355. The molecule has 1 unspecified atom stereocenters. The summed E-state index contributed by atoms with van der Waals surface area (Å²) in [5.74, 6) is 0.0657. The molecule has 1 heterocycles. The Hall–Kier alpha value is -0.170. The van der Waals surface area contributed by atoms with Gasteiger partial charge in [0.1, 0.15) is 0 Å². The second-order valence-corrected chi connectivity index (χ2v) is 6.05. The van der Waals surface area contributed by atoms with Crippen molar-refractivity contribution in [2.75, 3.05) is 32.5 Å². The summed E-state index contributed by atoms with van der Waals surface area (Å²) in [6.07, 6.45) is -0.250. The highest BCUT2D eigenvalue weighted by Crippen LogP contribution is 2.08. The lowest BCUT2D eigenvalue weighted by Crippen LogP contribution is -2.52. The van der Waals surface area contributed by atoms with Gasteiger partial charge in [-0.25, -0.2) is 8.42 Å². The molecule has 0 saturated carbocycles. The van der Waals surface area contributed by atoms with Crippen molar-refractivity contribution in [1.29, 1.82) is 0 Å². The maximum Gasteiger partial charge on any atom is 0.216 e. The van der Waals surface area contributed by atoms with Crippen molar-refractivity contribution in [1.82, 2.24) is 9.62 Å². The third kappa shape index (κ3) is 3.71. The van der Waals surface area contributed by atoms with E-state index in [1.807, 2.05) is 6.92 Å². The Morgan fingerprint density at radius 3 is 2.80 bits per heavy atom. The molecule has 1 rings (SSSR count). The summed E-state index contributed by atoms with van der Waals surface area (Å²) in [6.45, 7) is 5.59. The Morgan fingerprint density at radius 2 is 2.27 bits per heavy atom. The minimum absolute atomic E-state index is 0.0657. The Labute approximate surface area is 91.8 Å². The minimum Gasteiger partial charge on any atom is -0.381 e. The standard InChI is InChI=1S/C9H20N2O3S/c1-8-6-11(5-4-10-8)15(12,13)7-9(2)14-3/h8-10H,4-7H2,1-3H3/t8-,9?/m0/s1. The van der Waals surface area contributed by atoms with Crippen LogP contribution in [0.5, 0.6) is 0 Å². The molecule has 1 saturated heterocycles. The number of hydrogen-bond acceptors (Lipinski definition) is 4. The lowest BCUT2D eigenvalue weighted by Gasteiger charge is -2.31. The number of piperazine rings is 1. The minimum atomic E-state index is -3.16. The van der Waals surface area contributed by atoms with Gasteiger partial charge in [0.15, 0.2) is 0 Å². The van der Waals surface area contributed by atoms with Gasteiger partial charge < -0.3 is 10.1 Å². The maximum atomic E-state index is 11.9. The molecule has 1 aliphatic heterocycles. The number of methoxy groups -OCH3 is 1. The van der Waals surface area contributed by atoms with Gasteiger partial charge in [-0.15, -0.1) is 0 Å². The molecule has 0 bridgehead atoms. The molecule has 0 radical (unpaired) electrons. The van der Waals surface area contributed by atoms with Crippen molar-refractivity contribution in [2.45, 2.75) is 26.0 Å². The van der Waals surface area contributed by atoms with E-state index in [-0.39, 0.29) is 17.9 Å². The molecule has 90 valence electrons. The van der Waals surface area contributed by atoms with E-state index < -0.39 is 10.0 Å². The zero-order valence-corrected chi connectivity index (χ0v) is 10.4. The smallest absolute Gasteiger partial charge is 0.216 e. The molecule has 1 aliphatic rings. The number of ether oxygens (including phenoxy) is 1. The molecule has 5 nitrogen and oxygen atoms in total. The van der Waals surface area contributed by atoms with E-state index in [1.165, 1.54) is 7.11 Å². The van der Waals surface area contributed by atoms with Crippen LogP contribution in [0.25, 0.3) is 0 Å². The summed E-state index contributed by atoms with van der Waals surface area (Å²) in [5.41, 5.74) is 0. The van der Waals surface area contributed by atoms with Gasteiger partial charge in [-0.05, 0) is 13.8 Å². The number of rotatable bonds is 4. The first-order valence-corrected chi connectivity index (χ1v) is 6.80. The average Bonchev–Trinajstić information content (AvgIpc) is 2.17. The predicted molar refractivity (Wildman–Crippen MR) is 59.3 cm³/mol. The van der Waals surface area contributed by atoms with E-state index in [4.69, 9.17) is 4.74 Å². The lowest BCUT2D eigenvalue weighted by molar-refractivity contribution is 0.134. The van der Waals surface area contributed by atoms with Gasteiger partial charge >= 0.3 is 0 Å². The molecule has 0 aromatic heterocycles. The number of nitrogens with zero attached hydrogens (tertiary/aromatic N) is 1. The summed E-state index contributed by atoms with van der Waals surface area (Å²) < 4.78 is 30.4. The summed E-state index contributed by atoms with van der Waals surface area (Å²) in [4.78, 5) is 0. The quantitative estimate of drug-likeness (QED) is 0.724. The van der Waals surface area contributed by atoms with Crippen molar-refractivity contribution >= 4 is 10.0 Å². The van der Waals surface area contributed by atoms with Crippen LogP contribution in [0.3, 0.4) is 0 Å². The lowest BCUT2D eigenvalue weighted by atomic mass is 10.3. The highest BCUT2D eigenvalue weighted by molar-refractivity contribution is 7.89. The molecule has 0 aliphatic carbocycles. The fourth-order valence-electron chi connectivity index (χ4n) is 1.62. The van der Waals surface area contributed by atoms with Crippen molar-refractivity contribution < 1.29 is 13.2 Å². The normalized spacial score (nSPS) is 26.5. The van der Waals surface area contributed by atoms with Crippen LogP contribution >= 0.6 is 0 Å². The fourth-order valence-corrected chi connectivity index (χ4v) is 3.38. The molecule has 6 heteroatoms. The van der Waals surface area contributed by atoms with Crippen molar-refractivity contribution in [3.05, 3.63) is 0 Å². The molecule has 1 fully saturated rings. The molecule has 15 heavy (non-hydrogen) atoms. The van der Waals surface area contributed by atoms with Crippen LogP contribution in [0, 0.1) is 0 Å². The SMILES string of the molecule is COC(C)CS(=O)(=O)N1CCN[C@@H](C)C1. The van der Waals surface area contributed by atoms with Gasteiger partial charge in [0.25, 0.3) is 0 Å². The van der Waals surface area contributed by atoms with E-state index >= 15 is 0 Å². The second-order valence-electron chi connectivity index (χ2n) is 4.04. The highest BCUT2D eigenvalue weighted by atomic mass is 32.2. The van der Waals surface area contributed by atoms with Crippen LogP contribution in [-0.2, 0) is 14.8 Å².